The van der Waals surface area contributed by atoms with Gasteiger partial charge in [-0.05, 0) is 23.3 Å². The molecule has 0 radical (unpaired) electrons. The molecular weight excluding hydrogens is 452 g/mol. The zero-order chi connectivity index (χ0) is 25.5. The normalized spacial score (nSPS) is 11.0. The second-order valence-corrected chi connectivity index (χ2v) is 7.49. The Hall–Kier alpha value is -4.18. The highest BCUT2D eigenvalue weighted by Gasteiger charge is 2.22. The number of carbonyl (C=O) groups excluding carboxylic acids is 4. The third-order valence-electron chi connectivity index (χ3n) is 4.73. The first kappa shape index (κ1) is 27.1. The second-order valence-electron chi connectivity index (χ2n) is 7.49. The average Bonchev–Trinajstić information content (AvgIpc) is 2.86. The molecule has 0 saturated heterocycles. The molecule has 10 heteroatoms. The highest BCUT2D eigenvalue weighted by Crippen LogP contribution is 2.09. The Labute approximate surface area is 203 Å². The van der Waals surface area contributed by atoms with Crippen LogP contribution in [0.25, 0.3) is 0 Å². The number of benzene rings is 2. The summed E-state index contributed by atoms with van der Waals surface area (Å²) in [6.07, 6.45) is 0.906. The molecule has 2 aromatic carbocycles. The number of rotatable bonds is 13. The van der Waals surface area contributed by atoms with Gasteiger partial charge >= 0.3 is 6.09 Å². The van der Waals surface area contributed by atoms with Crippen LogP contribution in [0.15, 0.2) is 67.3 Å². The molecule has 0 fully saturated rings. The van der Waals surface area contributed by atoms with Gasteiger partial charge < -0.3 is 31.1 Å². The minimum atomic E-state index is -0.922. The predicted molar refractivity (Wildman–Crippen MR) is 130 cm³/mol. The molecule has 0 aromatic heterocycles. The smallest absolute Gasteiger partial charge is 0.407 e. The summed E-state index contributed by atoms with van der Waals surface area (Å²) in [5.41, 5.74) is 2.06. The van der Waals surface area contributed by atoms with E-state index in [9.17, 15) is 19.2 Å². The molecule has 0 aliphatic carbocycles. The summed E-state index contributed by atoms with van der Waals surface area (Å²) in [5.74, 6) is -1.41. The third kappa shape index (κ3) is 10.5. The van der Waals surface area contributed by atoms with E-state index >= 15 is 0 Å². The van der Waals surface area contributed by atoms with Gasteiger partial charge in [-0.2, -0.15) is 0 Å². The molecule has 2 rings (SSSR count). The summed E-state index contributed by atoms with van der Waals surface area (Å²) < 4.78 is 4.77. The van der Waals surface area contributed by atoms with Crippen molar-refractivity contribution in [3.63, 3.8) is 0 Å². The van der Waals surface area contributed by atoms with Crippen LogP contribution in [0, 0.1) is 0 Å². The standard InChI is InChI=1S/C25H30N4O6/c1-2-14-35-25(34)26-13-12-22(31)29-21(15-18-6-4-3-5-7-18)24(33)27-16-23(32)28-20-10-8-19(17-30)9-11-20/h2-11,21,30H,1,12-17H2,(H,26,34)(H,27,33)(H,28,32)(H,29,31). The number of hydrogen-bond donors (Lipinski definition) is 5. The van der Waals surface area contributed by atoms with Gasteiger partial charge in [0.1, 0.15) is 12.6 Å². The van der Waals surface area contributed by atoms with Gasteiger partial charge in [-0.3, -0.25) is 14.4 Å². The molecule has 35 heavy (non-hydrogen) atoms. The van der Waals surface area contributed by atoms with E-state index in [1.165, 1.54) is 6.08 Å². The van der Waals surface area contributed by atoms with E-state index in [4.69, 9.17) is 9.84 Å². The summed E-state index contributed by atoms with van der Waals surface area (Å²) in [6, 6.07) is 14.8. The zero-order valence-electron chi connectivity index (χ0n) is 19.3. The molecule has 10 nitrogen and oxygen atoms in total. The topological polar surface area (TPSA) is 146 Å². The summed E-state index contributed by atoms with van der Waals surface area (Å²) in [6.45, 7) is 3.12. The molecule has 186 valence electrons. The minimum absolute atomic E-state index is 0.0267. The Morgan fingerprint density at radius 1 is 0.943 bits per heavy atom. The van der Waals surface area contributed by atoms with Crippen LogP contribution in [-0.2, 0) is 32.1 Å². The molecule has 0 spiro atoms. The number of aliphatic hydroxyl groups is 1. The highest BCUT2D eigenvalue weighted by atomic mass is 16.5. The summed E-state index contributed by atoms with van der Waals surface area (Å²) >= 11 is 0. The van der Waals surface area contributed by atoms with Gasteiger partial charge in [-0.15, -0.1) is 0 Å². The molecule has 5 N–H and O–H groups in total. The first-order valence-corrected chi connectivity index (χ1v) is 11.0. The molecule has 4 amide bonds. The third-order valence-corrected chi connectivity index (χ3v) is 4.73. The van der Waals surface area contributed by atoms with E-state index in [0.717, 1.165) is 5.56 Å². The number of carbonyl (C=O) groups is 4. The molecule has 0 heterocycles. The van der Waals surface area contributed by atoms with E-state index in [2.05, 4.69) is 27.8 Å². The Bertz CT molecular complexity index is 995. The van der Waals surface area contributed by atoms with Crippen LogP contribution in [0.1, 0.15) is 17.5 Å². The lowest BCUT2D eigenvalue weighted by molar-refractivity contribution is -0.129. The second kappa shape index (κ2) is 14.9. The van der Waals surface area contributed by atoms with Gasteiger partial charge in [-0.25, -0.2) is 4.79 Å². The number of hydrogen-bond acceptors (Lipinski definition) is 6. The van der Waals surface area contributed by atoms with E-state index in [1.54, 1.807) is 24.3 Å². The SMILES string of the molecule is C=CCOC(=O)NCCC(=O)NC(Cc1ccccc1)C(=O)NCC(=O)Nc1ccc(CO)cc1. The van der Waals surface area contributed by atoms with Gasteiger partial charge in [0.15, 0.2) is 0 Å². The first-order chi connectivity index (χ1) is 16.9. The van der Waals surface area contributed by atoms with Gasteiger partial charge in [0.2, 0.25) is 17.7 Å². The number of nitrogens with one attached hydrogen (secondary N) is 4. The molecule has 0 saturated carbocycles. The van der Waals surface area contributed by atoms with Gasteiger partial charge in [0.25, 0.3) is 0 Å². The van der Waals surface area contributed by atoms with Crippen molar-refractivity contribution in [1.29, 1.82) is 0 Å². The van der Waals surface area contributed by atoms with Crippen molar-refractivity contribution in [1.82, 2.24) is 16.0 Å². The first-order valence-electron chi connectivity index (χ1n) is 11.0. The lowest BCUT2D eigenvalue weighted by atomic mass is 10.0. The number of alkyl carbamates (subject to hydrolysis) is 1. The molecule has 1 atom stereocenters. The van der Waals surface area contributed by atoms with Crippen LogP contribution >= 0.6 is 0 Å². The van der Waals surface area contributed by atoms with Crippen molar-refractivity contribution in [2.75, 3.05) is 25.0 Å². The van der Waals surface area contributed by atoms with E-state index in [0.29, 0.717) is 11.3 Å². The van der Waals surface area contributed by atoms with Crippen LogP contribution < -0.4 is 21.3 Å². The maximum absolute atomic E-state index is 12.8. The van der Waals surface area contributed by atoms with Crippen LogP contribution in [-0.4, -0.2) is 54.7 Å². The van der Waals surface area contributed by atoms with Gasteiger partial charge in [0, 0.05) is 25.1 Å². The summed E-state index contributed by atoms with van der Waals surface area (Å²) in [5, 5.41) is 19.4. The maximum Gasteiger partial charge on any atom is 0.407 e. The Kier molecular flexibility index (Phi) is 11.5. The van der Waals surface area contributed by atoms with Crippen molar-refractivity contribution in [3.05, 3.63) is 78.4 Å². The van der Waals surface area contributed by atoms with Crippen LogP contribution in [0.3, 0.4) is 0 Å². The predicted octanol–water partition coefficient (Wildman–Crippen LogP) is 1.26. The van der Waals surface area contributed by atoms with Crippen molar-refractivity contribution in [2.24, 2.45) is 0 Å². The van der Waals surface area contributed by atoms with Gasteiger partial charge in [0.05, 0.1) is 13.2 Å². The largest absolute Gasteiger partial charge is 0.445 e. The fourth-order valence-corrected chi connectivity index (χ4v) is 2.98. The van der Waals surface area contributed by atoms with E-state index < -0.39 is 29.9 Å². The molecule has 1 unspecified atom stereocenters. The zero-order valence-corrected chi connectivity index (χ0v) is 19.3. The minimum Gasteiger partial charge on any atom is -0.445 e. The average molecular weight is 483 g/mol. The molecule has 0 aliphatic rings. The highest BCUT2D eigenvalue weighted by molar-refractivity contribution is 5.96. The van der Waals surface area contributed by atoms with E-state index in [1.807, 2.05) is 30.3 Å². The number of ether oxygens (including phenoxy) is 1. The molecule has 0 aliphatic heterocycles. The monoisotopic (exact) mass is 482 g/mol. The number of amides is 4. The lowest BCUT2D eigenvalue weighted by Crippen LogP contribution is -2.50. The van der Waals surface area contributed by atoms with E-state index in [-0.39, 0.29) is 39.1 Å². The molecule has 0 bridgehead atoms. The van der Waals surface area contributed by atoms with Crippen molar-refractivity contribution < 1.29 is 29.0 Å². The molecule has 2 aromatic rings. The number of anilines is 1. The summed E-state index contributed by atoms with van der Waals surface area (Å²) in [4.78, 5) is 48.8. The number of aliphatic hydroxyl groups excluding tert-OH is 1. The Balaban J connectivity index is 1.89. The quantitative estimate of drug-likeness (QED) is 0.272. The summed E-state index contributed by atoms with van der Waals surface area (Å²) in [7, 11) is 0. The molecular formula is C25H30N4O6. The van der Waals surface area contributed by atoms with Crippen molar-refractivity contribution >= 4 is 29.5 Å². The Morgan fingerprint density at radius 2 is 1.66 bits per heavy atom. The van der Waals surface area contributed by atoms with Crippen molar-refractivity contribution in [2.45, 2.75) is 25.5 Å². The van der Waals surface area contributed by atoms with Gasteiger partial charge in [-0.1, -0.05) is 55.1 Å². The maximum atomic E-state index is 12.8. The van der Waals surface area contributed by atoms with Crippen LogP contribution in [0.5, 0.6) is 0 Å². The van der Waals surface area contributed by atoms with Crippen molar-refractivity contribution in [3.8, 4) is 0 Å². The van der Waals surface area contributed by atoms with Crippen LogP contribution in [0.4, 0.5) is 10.5 Å². The fourth-order valence-electron chi connectivity index (χ4n) is 2.98. The fraction of sp³-hybridized carbons (Fsp3) is 0.280. The lowest BCUT2D eigenvalue weighted by Gasteiger charge is -2.19. The Morgan fingerprint density at radius 3 is 2.31 bits per heavy atom. The van der Waals surface area contributed by atoms with Crippen LogP contribution in [0.2, 0.25) is 0 Å².